The van der Waals surface area contributed by atoms with Gasteiger partial charge in [-0.15, -0.1) is 0 Å². The summed E-state index contributed by atoms with van der Waals surface area (Å²) in [4.78, 5) is 58.2. The summed E-state index contributed by atoms with van der Waals surface area (Å²) in [6.07, 6.45) is 2.79. The Morgan fingerprint density at radius 2 is 1.77 bits per heavy atom. The highest BCUT2D eigenvalue weighted by molar-refractivity contribution is 6.37. The van der Waals surface area contributed by atoms with Gasteiger partial charge in [-0.05, 0) is 19.8 Å². The van der Waals surface area contributed by atoms with Gasteiger partial charge in [0.25, 0.3) is 11.7 Å². The zero-order chi connectivity index (χ0) is 16.7. The van der Waals surface area contributed by atoms with Crippen LogP contribution in [0.2, 0.25) is 0 Å². The zero-order valence-electron chi connectivity index (χ0n) is 12.4. The van der Waals surface area contributed by atoms with E-state index in [1.807, 2.05) is 0 Å². The second-order valence-corrected chi connectivity index (χ2v) is 4.65. The van der Waals surface area contributed by atoms with Gasteiger partial charge in [-0.25, -0.2) is 9.59 Å². The average molecular weight is 311 g/mol. The molecule has 1 rings (SSSR count). The molecule has 0 saturated carbocycles. The second kappa shape index (κ2) is 8.06. The predicted octanol–water partition coefficient (Wildman–Crippen LogP) is -0.592. The van der Waals surface area contributed by atoms with E-state index >= 15 is 0 Å². The van der Waals surface area contributed by atoms with E-state index in [0.29, 0.717) is 19.4 Å². The number of hydrogen-bond donors (Lipinski definition) is 0. The van der Waals surface area contributed by atoms with Crippen LogP contribution in [0.1, 0.15) is 19.8 Å². The maximum absolute atomic E-state index is 11.9. The highest BCUT2D eigenvalue weighted by Crippen LogP contribution is 2.18. The minimum atomic E-state index is -0.948. The Morgan fingerprint density at radius 3 is 2.36 bits per heavy atom. The topological polar surface area (TPSA) is 107 Å². The van der Waals surface area contributed by atoms with E-state index in [2.05, 4.69) is 9.47 Å². The fourth-order valence-corrected chi connectivity index (χ4v) is 2.04. The number of carbonyl (C=O) groups excluding carboxylic acids is 5. The summed E-state index contributed by atoms with van der Waals surface area (Å²) in [6, 6.07) is -0.591. The Hall–Kier alpha value is -2.51. The van der Waals surface area contributed by atoms with Crippen molar-refractivity contribution in [3.63, 3.8) is 0 Å². The molecule has 8 nitrogen and oxygen atoms in total. The van der Waals surface area contributed by atoms with Crippen molar-refractivity contribution in [1.82, 2.24) is 4.90 Å². The van der Waals surface area contributed by atoms with Crippen molar-refractivity contribution < 1.29 is 33.4 Å². The third kappa shape index (κ3) is 4.80. The Morgan fingerprint density at radius 1 is 1.14 bits per heavy atom. The molecule has 0 radical (unpaired) electrons. The first-order valence-electron chi connectivity index (χ1n) is 6.63. The minimum Gasteiger partial charge on any atom is -0.466 e. The van der Waals surface area contributed by atoms with Crippen molar-refractivity contribution in [3.8, 4) is 0 Å². The smallest absolute Gasteiger partial charge is 0.331 e. The monoisotopic (exact) mass is 311 g/mol. The lowest BCUT2D eigenvalue weighted by Gasteiger charge is -2.21. The highest BCUT2D eigenvalue weighted by atomic mass is 16.5. The zero-order valence-corrected chi connectivity index (χ0v) is 12.4. The summed E-state index contributed by atoms with van der Waals surface area (Å²) in [5, 5.41) is 0. The molecule has 0 N–H and O–H groups in total. The van der Waals surface area contributed by atoms with Crippen LogP contribution in [0.25, 0.3) is 0 Å². The molecule has 0 unspecified atom stereocenters. The molecule has 1 aliphatic rings. The number of esters is 2. The molecule has 22 heavy (non-hydrogen) atoms. The van der Waals surface area contributed by atoms with Crippen molar-refractivity contribution in [3.05, 3.63) is 12.2 Å². The first-order chi connectivity index (χ1) is 10.4. The number of likely N-dealkylation sites (tertiary alicyclic amines) is 1. The Kier molecular flexibility index (Phi) is 6.43. The van der Waals surface area contributed by atoms with Crippen molar-refractivity contribution in [2.24, 2.45) is 0 Å². The fourth-order valence-electron chi connectivity index (χ4n) is 2.04. The standard InChI is InChI=1S/C14H17NO7/c1-9(16)10-4-3-7-15(10)14(20)11(17)8-22-13(19)6-5-12(18)21-2/h5-6,10H,3-4,7-8H2,1-2H3/b6-5+/t10-/m0/s1. The lowest BCUT2D eigenvalue weighted by atomic mass is 10.1. The van der Waals surface area contributed by atoms with Gasteiger partial charge in [-0.2, -0.15) is 0 Å². The number of ether oxygens (including phenoxy) is 2. The number of Topliss-reactive ketones (excluding diaryl/α,β-unsaturated/α-hetero) is 2. The van der Waals surface area contributed by atoms with Crippen LogP contribution in [0, 0.1) is 0 Å². The summed E-state index contributed by atoms with van der Waals surface area (Å²) in [5.74, 6) is -3.65. The van der Waals surface area contributed by atoms with Gasteiger partial charge in [-0.1, -0.05) is 0 Å². The first kappa shape index (κ1) is 17.5. The summed E-state index contributed by atoms with van der Waals surface area (Å²) in [5.41, 5.74) is 0. The molecule has 8 heteroatoms. The average Bonchev–Trinajstić information content (AvgIpc) is 2.98. The molecule has 0 spiro atoms. The van der Waals surface area contributed by atoms with Gasteiger partial charge in [0.1, 0.15) is 0 Å². The molecule has 0 aromatic heterocycles. The molecular weight excluding hydrogens is 294 g/mol. The van der Waals surface area contributed by atoms with Gasteiger partial charge in [0, 0.05) is 18.7 Å². The maximum Gasteiger partial charge on any atom is 0.331 e. The van der Waals surface area contributed by atoms with Crippen LogP contribution in [-0.2, 0) is 33.4 Å². The molecule has 1 saturated heterocycles. The second-order valence-electron chi connectivity index (χ2n) is 4.65. The van der Waals surface area contributed by atoms with Crippen LogP contribution in [0.5, 0.6) is 0 Å². The van der Waals surface area contributed by atoms with Crippen molar-refractivity contribution in [2.75, 3.05) is 20.3 Å². The molecule has 120 valence electrons. The number of nitrogens with zero attached hydrogens (tertiary/aromatic N) is 1. The quantitative estimate of drug-likeness (QED) is 0.366. The maximum atomic E-state index is 11.9. The van der Waals surface area contributed by atoms with Crippen LogP contribution in [0.15, 0.2) is 12.2 Å². The van der Waals surface area contributed by atoms with E-state index in [9.17, 15) is 24.0 Å². The highest BCUT2D eigenvalue weighted by Gasteiger charge is 2.35. The van der Waals surface area contributed by atoms with Crippen molar-refractivity contribution in [1.29, 1.82) is 0 Å². The summed E-state index contributed by atoms with van der Waals surface area (Å²) >= 11 is 0. The molecule has 0 bridgehead atoms. The van der Waals surface area contributed by atoms with Crippen LogP contribution < -0.4 is 0 Å². The minimum absolute atomic E-state index is 0.184. The largest absolute Gasteiger partial charge is 0.466 e. The lowest BCUT2D eigenvalue weighted by molar-refractivity contribution is -0.152. The number of rotatable bonds is 6. The van der Waals surface area contributed by atoms with Crippen LogP contribution in [0.3, 0.4) is 0 Å². The molecule has 0 aromatic carbocycles. The summed E-state index contributed by atoms with van der Waals surface area (Å²) in [6.45, 7) is 0.938. The first-order valence-corrected chi connectivity index (χ1v) is 6.63. The van der Waals surface area contributed by atoms with Crippen LogP contribution in [-0.4, -0.2) is 60.6 Å². The molecule has 0 aromatic rings. The fraction of sp³-hybridized carbons (Fsp3) is 0.500. The van der Waals surface area contributed by atoms with Gasteiger partial charge in [0.05, 0.1) is 13.2 Å². The predicted molar refractivity (Wildman–Crippen MR) is 72.5 cm³/mol. The number of ketones is 2. The van der Waals surface area contributed by atoms with E-state index < -0.39 is 36.3 Å². The molecule has 0 aliphatic carbocycles. The van der Waals surface area contributed by atoms with Gasteiger partial charge in [0.15, 0.2) is 12.4 Å². The molecule has 1 aliphatic heterocycles. The Balaban J connectivity index is 2.50. The number of amides is 1. The van der Waals surface area contributed by atoms with Crippen molar-refractivity contribution in [2.45, 2.75) is 25.8 Å². The Bertz CT molecular complexity index is 523. The van der Waals surface area contributed by atoms with Crippen LogP contribution >= 0.6 is 0 Å². The van der Waals surface area contributed by atoms with Gasteiger partial charge in [0.2, 0.25) is 0 Å². The van der Waals surface area contributed by atoms with E-state index in [1.165, 1.54) is 11.8 Å². The summed E-state index contributed by atoms with van der Waals surface area (Å²) in [7, 11) is 1.14. The van der Waals surface area contributed by atoms with E-state index in [0.717, 1.165) is 19.3 Å². The molecule has 1 amide bonds. The molecule has 1 fully saturated rings. The van der Waals surface area contributed by atoms with Gasteiger partial charge < -0.3 is 14.4 Å². The van der Waals surface area contributed by atoms with E-state index in [1.54, 1.807) is 0 Å². The summed E-state index contributed by atoms with van der Waals surface area (Å²) < 4.78 is 8.83. The number of hydrogen-bond acceptors (Lipinski definition) is 7. The lowest BCUT2D eigenvalue weighted by Crippen LogP contribution is -2.44. The molecule has 1 atom stereocenters. The van der Waals surface area contributed by atoms with Gasteiger partial charge in [-0.3, -0.25) is 14.4 Å². The molecular formula is C14H17NO7. The molecule has 1 heterocycles. The third-order valence-corrected chi connectivity index (χ3v) is 3.12. The van der Waals surface area contributed by atoms with Crippen LogP contribution in [0.4, 0.5) is 0 Å². The van der Waals surface area contributed by atoms with Crippen molar-refractivity contribution >= 4 is 29.4 Å². The Labute approximate surface area is 127 Å². The van der Waals surface area contributed by atoms with E-state index in [4.69, 9.17) is 0 Å². The van der Waals surface area contributed by atoms with Gasteiger partial charge >= 0.3 is 11.9 Å². The third-order valence-electron chi connectivity index (χ3n) is 3.12. The van der Waals surface area contributed by atoms with E-state index in [-0.39, 0.29) is 5.78 Å². The number of carbonyl (C=O) groups is 5. The normalized spacial score (nSPS) is 17.4. The SMILES string of the molecule is COC(=O)/C=C/C(=O)OCC(=O)C(=O)N1CCC[C@H]1C(C)=O. The number of methoxy groups -OCH3 is 1.